The lowest BCUT2D eigenvalue weighted by Gasteiger charge is -2.11. The Morgan fingerprint density at radius 3 is 2.30 bits per heavy atom. The monoisotopic (exact) mass is 357 g/mol. The molecule has 4 nitrogen and oxygen atoms in total. The molecule has 0 radical (unpaired) electrons. The van der Waals surface area contributed by atoms with Crippen LogP contribution in [0.3, 0.4) is 0 Å². The van der Waals surface area contributed by atoms with Gasteiger partial charge in [-0.05, 0) is 34.4 Å². The molecule has 4 heteroatoms. The van der Waals surface area contributed by atoms with Crippen LogP contribution < -0.4 is 5.32 Å². The van der Waals surface area contributed by atoms with Crippen LogP contribution in [0.15, 0.2) is 66.7 Å². The molecular formula is C23H19NO3. The summed E-state index contributed by atoms with van der Waals surface area (Å²) in [7, 11) is 1.65. The van der Waals surface area contributed by atoms with E-state index in [1.165, 1.54) is 0 Å². The number of amides is 1. The molecule has 1 N–H and O–H groups in total. The number of rotatable bonds is 5. The van der Waals surface area contributed by atoms with Gasteiger partial charge in [0.1, 0.15) is 0 Å². The Kier molecular flexibility index (Phi) is 4.57. The predicted octanol–water partition coefficient (Wildman–Crippen LogP) is 3.97. The number of hydrogen-bond donors (Lipinski definition) is 1. The lowest BCUT2D eigenvalue weighted by molar-refractivity contribution is 0.0950. The Labute approximate surface area is 157 Å². The summed E-state index contributed by atoms with van der Waals surface area (Å²) < 4.78 is 5.20. The first-order valence-corrected chi connectivity index (χ1v) is 8.81. The van der Waals surface area contributed by atoms with Gasteiger partial charge in [0, 0.05) is 30.3 Å². The maximum absolute atomic E-state index is 12.6. The lowest BCUT2D eigenvalue weighted by Crippen LogP contribution is -2.23. The molecule has 0 spiro atoms. The zero-order valence-electron chi connectivity index (χ0n) is 15.0. The van der Waals surface area contributed by atoms with Crippen LogP contribution in [0, 0.1) is 0 Å². The zero-order valence-corrected chi connectivity index (χ0v) is 15.0. The van der Waals surface area contributed by atoms with E-state index in [9.17, 15) is 9.59 Å². The Bertz CT molecular complexity index is 1040. The number of nitrogens with one attached hydrogen (secondary N) is 1. The SMILES string of the molecule is COCc1ccccc1CNC(=O)c1ccc2c(c1)C(=O)c1ccccc1-2. The molecule has 0 aliphatic heterocycles. The van der Waals surface area contributed by atoms with Gasteiger partial charge in [-0.3, -0.25) is 9.59 Å². The normalized spacial score (nSPS) is 11.8. The van der Waals surface area contributed by atoms with Gasteiger partial charge < -0.3 is 10.1 Å². The molecule has 1 amide bonds. The third-order valence-electron chi connectivity index (χ3n) is 4.85. The van der Waals surface area contributed by atoms with E-state index < -0.39 is 0 Å². The van der Waals surface area contributed by atoms with Gasteiger partial charge in [0.05, 0.1) is 6.61 Å². The maximum atomic E-state index is 12.6. The van der Waals surface area contributed by atoms with Crippen molar-refractivity contribution >= 4 is 11.7 Å². The van der Waals surface area contributed by atoms with Crippen molar-refractivity contribution in [1.82, 2.24) is 5.32 Å². The average molecular weight is 357 g/mol. The average Bonchev–Trinajstić information content (AvgIpc) is 2.99. The third kappa shape index (κ3) is 3.15. The number of ketones is 1. The molecule has 0 atom stereocenters. The minimum atomic E-state index is -0.200. The molecule has 3 aromatic carbocycles. The summed E-state index contributed by atoms with van der Waals surface area (Å²) in [6.07, 6.45) is 0. The van der Waals surface area contributed by atoms with Crippen molar-refractivity contribution in [3.05, 3.63) is 94.5 Å². The first kappa shape index (κ1) is 17.2. The van der Waals surface area contributed by atoms with Crippen molar-refractivity contribution in [1.29, 1.82) is 0 Å². The van der Waals surface area contributed by atoms with E-state index in [2.05, 4.69) is 5.32 Å². The first-order chi connectivity index (χ1) is 13.2. The van der Waals surface area contributed by atoms with Crippen LogP contribution in [0.4, 0.5) is 0 Å². The molecular weight excluding hydrogens is 338 g/mol. The molecule has 1 aliphatic rings. The number of benzene rings is 3. The summed E-state index contributed by atoms with van der Waals surface area (Å²) in [4.78, 5) is 25.2. The van der Waals surface area contributed by atoms with Gasteiger partial charge in [-0.25, -0.2) is 0 Å². The van der Waals surface area contributed by atoms with Gasteiger partial charge in [0.2, 0.25) is 0 Å². The molecule has 0 saturated heterocycles. The molecule has 0 heterocycles. The van der Waals surface area contributed by atoms with Crippen molar-refractivity contribution in [2.75, 3.05) is 7.11 Å². The minimum Gasteiger partial charge on any atom is -0.380 e. The zero-order chi connectivity index (χ0) is 18.8. The van der Waals surface area contributed by atoms with Crippen LogP contribution >= 0.6 is 0 Å². The van der Waals surface area contributed by atoms with Gasteiger partial charge in [-0.2, -0.15) is 0 Å². The van der Waals surface area contributed by atoms with Crippen LogP contribution in [-0.2, 0) is 17.9 Å². The minimum absolute atomic E-state index is 0.0271. The highest BCUT2D eigenvalue weighted by Crippen LogP contribution is 2.36. The highest BCUT2D eigenvalue weighted by Gasteiger charge is 2.26. The molecule has 0 saturated carbocycles. The number of carbonyl (C=O) groups excluding carboxylic acids is 2. The van der Waals surface area contributed by atoms with Crippen LogP contribution in [0.5, 0.6) is 0 Å². The van der Waals surface area contributed by atoms with Crippen molar-refractivity contribution < 1.29 is 14.3 Å². The van der Waals surface area contributed by atoms with E-state index in [4.69, 9.17) is 4.74 Å². The largest absolute Gasteiger partial charge is 0.380 e. The number of ether oxygens (including phenoxy) is 1. The van der Waals surface area contributed by atoms with Gasteiger partial charge in [-0.15, -0.1) is 0 Å². The van der Waals surface area contributed by atoms with Gasteiger partial charge in [0.25, 0.3) is 5.91 Å². The number of carbonyl (C=O) groups is 2. The van der Waals surface area contributed by atoms with Gasteiger partial charge in [-0.1, -0.05) is 54.6 Å². The van der Waals surface area contributed by atoms with Crippen molar-refractivity contribution in [2.45, 2.75) is 13.2 Å². The molecule has 0 aromatic heterocycles. The summed E-state index contributed by atoms with van der Waals surface area (Å²) in [6, 6.07) is 20.7. The third-order valence-corrected chi connectivity index (χ3v) is 4.85. The standard InChI is InChI=1S/C23H19NO3/c1-27-14-17-7-3-2-6-16(17)13-24-23(26)15-10-11-19-18-8-4-5-9-20(18)22(25)21(19)12-15/h2-12H,13-14H2,1H3,(H,24,26). The van der Waals surface area contributed by atoms with Crippen LogP contribution in [-0.4, -0.2) is 18.8 Å². The molecule has 0 fully saturated rings. The van der Waals surface area contributed by atoms with Gasteiger partial charge in [0.15, 0.2) is 5.78 Å². The van der Waals surface area contributed by atoms with E-state index in [1.54, 1.807) is 19.2 Å². The second-order valence-electron chi connectivity index (χ2n) is 6.52. The molecule has 0 unspecified atom stereocenters. The molecule has 27 heavy (non-hydrogen) atoms. The Morgan fingerprint density at radius 2 is 1.52 bits per heavy atom. The molecule has 3 aromatic rings. The fourth-order valence-corrected chi connectivity index (χ4v) is 3.47. The predicted molar refractivity (Wildman–Crippen MR) is 104 cm³/mol. The van der Waals surface area contributed by atoms with E-state index in [0.29, 0.717) is 29.8 Å². The maximum Gasteiger partial charge on any atom is 0.251 e. The number of hydrogen-bond acceptors (Lipinski definition) is 3. The topological polar surface area (TPSA) is 55.4 Å². The van der Waals surface area contributed by atoms with Crippen molar-refractivity contribution in [3.8, 4) is 11.1 Å². The Hall–Kier alpha value is -3.24. The Morgan fingerprint density at radius 1 is 0.852 bits per heavy atom. The number of methoxy groups -OCH3 is 1. The summed E-state index contributed by atoms with van der Waals surface area (Å²) >= 11 is 0. The first-order valence-electron chi connectivity index (χ1n) is 8.81. The quantitative estimate of drug-likeness (QED) is 0.588. The summed E-state index contributed by atoms with van der Waals surface area (Å²) in [5.41, 5.74) is 5.63. The fraction of sp³-hybridized carbons (Fsp3) is 0.130. The molecule has 134 valence electrons. The van der Waals surface area contributed by atoms with E-state index in [0.717, 1.165) is 22.3 Å². The van der Waals surface area contributed by atoms with Crippen LogP contribution in [0.25, 0.3) is 11.1 Å². The lowest BCUT2D eigenvalue weighted by atomic mass is 10.0. The van der Waals surface area contributed by atoms with Crippen molar-refractivity contribution in [3.63, 3.8) is 0 Å². The highest BCUT2D eigenvalue weighted by molar-refractivity contribution is 6.22. The number of fused-ring (bicyclic) bond motifs is 3. The summed E-state index contributed by atoms with van der Waals surface area (Å²) in [5, 5.41) is 2.94. The van der Waals surface area contributed by atoms with E-state index >= 15 is 0 Å². The Balaban J connectivity index is 1.54. The smallest absolute Gasteiger partial charge is 0.251 e. The van der Waals surface area contributed by atoms with Crippen LogP contribution in [0.1, 0.15) is 37.4 Å². The van der Waals surface area contributed by atoms with Crippen molar-refractivity contribution in [2.24, 2.45) is 0 Å². The van der Waals surface area contributed by atoms with Crippen LogP contribution in [0.2, 0.25) is 0 Å². The summed E-state index contributed by atoms with van der Waals surface area (Å²) in [6.45, 7) is 0.904. The van der Waals surface area contributed by atoms with E-state index in [1.807, 2.05) is 54.6 Å². The fourth-order valence-electron chi connectivity index (χ4n) is 3.47. The van der Waals surface area contributed by atoms with Gasteiger partial charge >= 0.3 is 0 Å². The second kappa shape index (κ2) is 7.17. The second-order valence-corrected chi connectivity index (χ2v) is 6.52. The highest BCUT2D eigenvalue weighted by atomic mass is 16.5. The molecule has 1 aliphatic carbocycles. The summed E-state index contributed by atoms with van der Waals surface area (Å²) in [5.74, 6) is -0.227. The molecule has 0 bridgehead atoms. The molecule has 4 rings (SSSR count). The van der Waals surface area contributed by atoms with E-state index in [-0.39, 0.29) is 11.7 Å².